The summed E-state index contributed by atoms with van der Waals surface area (Å²) in [7, 11) is 1.40. The van der Waals surface area contributed by atoms with Gasteiger partial charge in [-0.15, -0.1) is 0 Å². The molecule has 0 unspecified atom stereocenters. The summed E-state index contributed by atoms with van der Waals surface area (Å²) >= 11 is 0. The Bertz CT molecular complexity index is 374. The van der Waals surface area contributed by atoms with E-state index in [0.717, 1.165) is 6.54 Å². The maximum absolute atomic E-state index is 11.3. The molecule has 0 saturated heterocycles. The van der Waals surface area contributed by atoms with Crippen molar-refractivity contribution in [1.82, 2.24) is 4.90 Å². The first-order valence-electron chi connectivity index (χ1n) is 6.38. The van der Waals surface area contributed by atoms with Gasteiger partial charge < -0.3 is 4.74 Å². The van der Waals surface area contributed by atoms with Crippen molar-refractivity contribution in [2.45, 2.75) is 46.3 Å². The van der Waals surface area contributed by atoms with Crippen molar-refractivity contribution >= 4 is 5.97 Å². The highest BCUT2D eigenvalue weighted by Crippen LogP contribution is 2.13. The number of ether oxygens (including phenoxy) is 1. The third-order valence-electron chi connectivity index (χ3n) is 3.07. The van der Waals surface area contributed by atoms with E-state index in [0.29, 0.717) is 17.6 Å². The molecule has 0 spiro atoms. The number of esters is 1. The molecule has 0 heterocycles. The molecule has 0 radical (unpaired) electrons. The first-order chi connectivity index (χ1) is 8.45. The summed E-state index contributed by atoms with van der Waals surface area (Å²) in [4.78, 5) is 13.7. The molecule has 0 saturated carbocycles. The van der Waals surface area contributed by atoms with Crippen LogP contribution in [0.2, 0.25) is 0 Å². The second-order valence-electron chi connectivity index (χ2n) is 5.05. The van der Waals surface area contributed by atoms with Gasteiger partial charge in [-0.3, -0.25) is 4.90 Å². The largest absolute Gasteiger partial charge is 0.465 e. The monoisotopic (exact) mass is 249 g/mol. The maximum Gasteiger partial charge on any atom is 0.337 e. The van der Waals surface area contributed by atoms with Crippen molar-refractivity contribution in [3.63, 3.8) is 0 Å². The Balaban J connectivity index is 2.76. The van der Waals surface area contributed by atoms with Crippen LogP contribution in [-0.4, -0.2) is 30.1 Å². The van der Waals surface area contributed by atoms with E-state index in [4.69, 9.17) is 0 Å². The van der Waals surface area contributed by atoms with E-state index in [1.807, 2.05) is 24.3 Å². The van der Waals surface area contributed by atoms with Crippen LogP contribution in [0.1, 0.15) is 43.6 Å². The topological polar surface area (TPSA) is 29.5 Å². The fourth-order valence-electron chi connectivity index (χ4n) is 2.04. The lowest BCUT2D eigenvalue weighted by Crippen LogP contribution is -2.36. The number of hydrogen-bond acceptors (Lipinski definition) is 3. The summed E-state index contributed by atoms with van der Waals surface area (Å²) in [6.45, 7) is 9.69. The predicted molar refractivity (Wildman–Crippen MR) is 73.6 cm³/mol. The molecule has 1 aromatic rings. The molecule has 0 bridgehead atoms. The predicted octanol–water partition coefficient (Wildman–Crippen LogP) is 3.09. The van der Waals surface area contributed by atoms with Crippen LogP contribution in [-0.2, 0) is 11.3 Å². The molecule has 0 aromatic heterocycles. The van der Waals surface area contributed by atoms with Crippen LogP contribution in [0.4, 0.5) is 0 Å². The fraction of sp³-hybridized carbons (Fsp3) is 0.533. The van der Waals surface area contributed by atoms with Gasteiger partial charge in [0.2, 0.25) is 0 Å². The summed E-state index contributed by atoms with van der Waals surface area (Å²) in [5.41, 5.74) is 1.81. The van der Waals surface area contributed by atoms with Gasteiger partial charge in [-0.25, -0.2) is 4.79 Å². The summed E-state index contributed by atoms with van der Waals surface area (Å²) in [6.07, 6.45) is 0. The molecule has 1 aromatic carbocycles. The van der Waals surface area contributed by atoms with Crippen molar-refractivity contribution in [3.8, 4) is 0 Å². The van der Waals surface area contributed by atoms with Gasteiger partial charge in [0.25, 0.3) is 0 Å². The SMILES string of the molecule is COC(=O)c1ccc(CN(C(C)C)C(C)C)cc1. The molecule has 0 aliphatic carbocycles. The Labute approximate surface area is 110 Å². The van der Waals surface area contributed by atoms with E-state index in [9.17, 15) is 4.79 Å². The fourth-order valence-corrected chi connectivity index (χ4v) is 2.04. The average Bonchev–Trinajstić information content (AvgIpc) is 2.35. The van der Waals surface area contributed by atoms with E-state index >= 15 is 0 Å². The average molecular weight is 249 g/mol. The molecule has 3 nitrogen and oxygen atoms in total. The van der Waals surface area contributed by atoms with E-state index < -0.39 is 0 Å². The van der Waals surface area contributed by atoms with Crippen LogP contribution < -0.4 is 0 Å². The Kier molecular flexibility index (Phi) is 5.35. The zero-order chi connectivity index (χ0) is 13.7. The molecule has 0 atom stereocenters. The number of benzene rings is 1. The first-order valence-corrected chi connectivity index (χ1v) is 6.38. The van der Waals surface area contributed by atoms with Gasteiger partial charge in [-0.1, -0.05) is 12.1 Å². The van der Waals surface area contributed by atoms with Gasteiger partial charge in [-0.05, 0) is 45.4 Å². The van der Waals surface area contributed by atoms with Crippen molar-refractivity contribution in [2.24, 2.45) is 0 Å². The molecule has 0 aliphatic heterocycles. The van der Waals surface area contributed by atoms with E-state index in [1.54, 1.807) is 0 Å². The summed E-state index contributed by atoms with van der Waals surface area (Å²) in [5.74, 6) is -0.286. The van der Waals surface area contributed by atoms with Crippen molar-refractivity contribution < 1.29 is 9.53 Å². The summed E-state index contributed by atoms with van der Waals surface area (Å²) in [6, 6.07) is 8.63. The third-order valence-corrected chi connectivity index (χ3v) is 3.07. The van der Waals surface area contributed by atoms with Crippen molar-refractivity contribution in [3.05, 3.63) is 35.4 Å². The highest BCUT2D eigenvalue weighted by molar-refractivity contribution is 5.89. The highest BCUT2D eigenvalue weighted by atomic mass is 16.5. The van der Waals surface area contributed by atoms with Gasteiger partial charge in [-0.2, -0.15) is 0 Å². The number of carbonyl (C=O) groups is 1. The maximum atomic E-state index is 11.3. The zero-order valence-corrected chi connectivity index (χ0v) is 11.9. The molecule has 0 N–H and O–H groups in total. The van der Waals surface area contributed by atoms with E-state index in [2.05, 4.69) is 37.3 Å². The number of carbonyl (C=O) groups excluding carboxylic acids is 1. The lowest BCUT2D eigenvalue weighted by atomic mass is 10.1. The number of rotatable bonds is 5. The van der Waals surface area contributed by atoms with Crippen LogP contribution >= 0.6 is 0 Å². The Morgan fingerprint density at radius 2 is 1.61 bits per heavy atom. The Morgan fingerprint density at radius 1 is 1.11 bits per heavy atom. The molecular formula is C15H23NO2. The third kappa shape index (κ3) is 3.84. The highest BCUT2D eigenvalue weighted by Gasteiger charge is 2.14. The van der Waals surface area contributed by atoms with Gasteiger partial charge in [0.15, 0.2) is 0 Å². The van der Waals surface area contributed by atoms with Crippen LogP contribution in [0.3, 0.4) is 0 Å². The summed E-state index contributed by atoms with van der Waals surface area (Å²) in [5, 5.41) is 0. The van der Waals surface area contributed by atoms with Crippen molar-refractivity contribution in [1.29, 1.82) is 0 Å². The molecule has 18 heavy (non-hydrogen) atoms. The normalized spacial score (nSPS) is 11.3. The van der Waals surface area contributed by atoms with Crippen LogP contribution in [0, 0.1) is 0 Å². The lowest BCUT2D eigenvalue weighted by molar-refractivity contribution is 0.0600. The smallest absolute Gasteiger partial charge is 0.337 e. The molecule has 0 aliphatic rings. The minimum absolute atomic E-state index is 0.286. The van der Waals surface area contributed by atoms with Crippen molar-refractivity contribution in [2.75, 3.05) is 7.11 Å². The second kappa shape index (κ2) is 6.55. The van der Waals surface area contributed by atoms with Gasteiger partial charge in [0.1, 0.15) is 0 Å². The van der Waals surface area contributed by atoms with E-state index in [-0.39, 0.29) is 5.97 Å². The van der Waals surface area contributed by atoms with Gasteiger partial charge in [0.05, 0.1) is 12.7 Å². The Hall–Kier alpha value is -1.35. The molecule has 3 heteroatoms. The van der Waals surface area contributed by atoms with Gasteiger partial charge >= 0.3 is 5.97 Å². The number of hydrogen-bond donors (Lipinski definition) is 0. The zero-order valence-electron chi connectivity index (χ0n) is 11.9. The molecule has 0 amide bonds. The van der Waals surface area contributed by atoms with Crippen LogP contribution in [0.15, 0.2) is 24.3 Å². The lowest BCUT2D eigenvalue weighted by Gasteiger charge is -2.30. The number of nitrogens with zero attached hydrogens (tertiary/aromatic N) is 1. The number of methoxy groups -OCH3 is 1. The minimum Gasteiger partial charge on any atom is -0.465 e. The second-order valence-corrected chi connectivity index (χ2v) is 5.05. The minimum atomic E-state index is -0.286. The standard InChI is InChI=1S/C15H23NO2/c1-11(2)16(12(3)4)10-13-6-8-14(9-7-13)15(17)18-5/h6-9,11-12H,10H2,1-5H3. The molecular weight excluding hydrogens is 226 g/mol. The summed E-state index contributed by atoms with van der Waals surface area (Å²) < 4.78 is 4.68. The Morgan fingerprint density at radius 3 is 2.00 bits per heavy atom. The van der Waals surface area contributed by atoms with E-state index in [1.165, 1.54) is 12.7 Å². The van der Waals surface area contributed by atoms with Gasteiger partial charge in [0, 0.05) is 18.6 Å². The quantitative estimate of drug-likeness (QED) is 0.751. The first kappa shape index (κ1) is 14.7. The van der Waals surface area contributed by atoms with Crippen LogP contribution in [0.5, 0.6) is 0 Å². The molecule has 0 fully saturated rings. The molecule has 100 valence electrons. The van der Waals surface area contributed by atoms with Crippen LogP contribution in [0.25, 0.3) is 0 Å². The molecule has 1 rings (SSSR count).